The summed E-state index contributed by atoms with van der Waals surface area (Å²) in [5.41, 5.74) is 13.6. The zero-order valence-corrected chi connectivity index (χ0v) is 28.4. The van der Waals surface area contributed by atoms with Crippen LogP contribution in [-0.4, -0.2) is 6.26 Å². The van der Waals surface area contributed by atoms with E-state index in [2.05, 4.69) is 193 Å². The van der Waals surface area contributed by atoms with Crippen molar-refractivity contribution in [2.45, 2.75) is 17.7 Å². The van der Waals surface area contributed by atoms with E-state index in [0.717, 1.165) is 12.8 Å². The first-order valence-corrected chi connectivity index (χ1v) is 18.2. The molecule has 1 nitrogen and oxygen atoms in total. The van der Waals surface area contributed by atoms with Crippen molar-refractivity contribution in [1.29, 1.82) is 0 Å². The van der Waals surface area contributed by atoms with E-state index >= 15 is 0 Å². The highest BCUT2D eigenvalue weighted by Crippen LogP contribution is 2.46. The summed E-state index contributed by atoms with van der Waals surface area (Å²) < 4.78 is 0. The predicted molar refractivity (Wildman–Crippen MR) is 212 cm³/mol. The summed E-state index contributed by atoms with van der Waals surface area (Å²) in [5.74, 6) is 0. The molecule has 0 heterocycles. The molecule has 7 aromatic carbocycles. The molecule has 0 atom stereocenters. The van der Waals surface area contributed by atoms with Crippen molar-refractivity contribution < 1.29 is 0 Å². The second-order valence-electron chi connectivity index (χ2n) is 12.4. The predicted octanol–water partition coefficient (Wildman–Crippen LogP) is 13.5. The van der Waals surface area contributed by atoms with Crippen LogP contribution in [0.5, 0.6) is 0 Å². The number of hydrogen-bond donors (Lipinski definition) is 0. The molecule has 0 unspecified atom stereocenters. The maximum atomic E-state index is 2.52. The minimum Gasteiger partial charge on any atom is -0.313 e. The third-order valence-corrected chi connectivity index (χ3v) is 10.3. The van der Waals surface area contributed by atoms with Crippen molar-refractivity contribution in [2.24, 2.45) is 0 Å². The maximum absolute atomic E-state index is 2.52. The molecular formula is C47H37NS. The van der Waals surface area contributed by atoms with Crippen LogP contribution >= 0.6 is 11.8 Å². The Morgan fingerprint density at radius 3 is 1.80 bits per heavy atom. The molecule has 0 aromatic heterocycles. The molecule has 236 valence electrons. The summed E-state index contributed by atoms with van der Waals surface area (Å²) in [6.45, 7) is 0. The number of fused-ring (bicyclic) bond motifs is 1. The van der Waals surface area contributed by atoms with E-state index in [0.29, 0.717) is 0 Å². The molecule has 0 radical (unpaired) electrons. The Labute approximate surface area is 293 Å². The van der Waals surface area contributed by atoms with Crippen LogP contribution in [0.15, 0.2) is 193 Å². The van der Waals surface area contributed by atoms with E-state index in [1.54, 1.807) is 11.8 Å². The van der Waals surface area contributed by atoms with E-state index in [9.17, 15) is 0 Å². The monoisotopic (exact) mass is 647 g/mol. The molecule has 49 heavy (non-hydrogen) atoms. The average Bonchev–Trinajstić information content (AvgIpc) is 3.19. The summed E-state index contributed by atoms with van der Waals surface area (Å²) in [4.78, 5) is 3.80. The summed E-state index contributed by atoms with van der Waals surface area (Å²) in [7, 11) is 0. The highest BCUT2D eigenvalue weighted by molar-refractivity contribution is 7.98. The highest BCUT2D eigenvalue weighted by atomic mass is 32.2. The number of anilines is 2. The van der Waals surface area contributed by atoms with Gasteiger partial charge >= 0.3 is 0 Å². The van der Waals surface area contributed by atoms with Crippen molar-refractivity contribution in [2.75, 3.05) is 11.2 Å². The normalized spacial score (nSPS) is 12.8. The first-order chi connectivity index (χ1) is 24.3. The molecule has 0 amide bonds. The summed E-state index contributed by atoms with van der Waals surface area (Å²) in [6.07, 6.45) is 8.73. The zero-order valence-electron chi connectivity index (χ0n) is 27.6. The van der Waals surface area contributed by atoms with Crippen LogP contribution < -0.4 is 4.90 Å². The lowest BCUT2D eigenvalue weighted by molar-refractivity contribution is 0.931. The van der Waals surface area contributed by atoms with Crippen LogP contribution in [0.25, 0.3) is 49.7 Å². The van der Waals surface area contributed by atoms with Crippen LogP contribution in [0.3, 0.4) is 0 Å². The third kappa shape index (κ3) is 6.24. The van der Waals surface area contributed by atoms with Gasteiger partial charge in [-0.1, -0.05) is 146 Å². The molecule has 8 rings (SSSR count). The molecule has 0 fully saturated rings. The molecule has 0 saturated heterocycles. The number of hydrogen-bond acceptors (Lipinski definition) is 2. The third-order valence-electron chi connectivity index (χ3n) is 9.50. The lowest BCUT2D eigenvalue weighted by Gasteiger charge is -2.33. The average molecular weight is 648 g/mol. The topological polar surface area (TPSA) is 3.24 Å². The zero-order chi connectivity index (χ0) is 33.0. The largest absolute Gasteiger partial charge is 0.313 e. The minimum absolute atomic E-state index is 0.929. The van der Waals surface area contributed by atoms with Gasteiger partial charge in [-0.2, -0.15) is 0 Å². The Balaban J connectivity index is 1.38. The molecule has 1 aliphatic carbocycles. The lowest BCUT2D eigenvalue weighted by Crippen LogP contribution is -2.19. The van der Waals surface area contributed by atoms with Gasteiger partial charge in [0.25, 0.3) is 0 Å². The number of allylic oxidation sites excluding steroid dienone is 4. The van der Waals surface area contributed by atoms with Gasteiger partial charge in [-0.15, -0.1) is 11.8 Å². The molecule has 1 aliphatic rings. The van der Waals surface area contributed by atoms with E-state index < -0.39 is 0 Å². The number of para-hydroxylation sites is 1. The van der Waals surface area contributed by atoms with Gasteiger partial charge in [0, 0.05) is 21.7 Å². The van der Waals surface area contributed by atoms with Gasteiger partial charge in [0.15, 0.2) is 0 Å². The van der Waals surface area contributed by atoms with Crippen LogP contribution in [0.4, 0.5) is 11.4 Å². The second kappa shape index (κ2) is 13.9. The van der Waals surface area contributed by atoms with Crippen molar-refractivity contribution in [3.05, 3.63) is 193 Å². The van der Waals surface area contributed by atoms with E-state index in [1.807, 2.05) is 0 Å². The summed E-state index contributed by atoms with van der Waals surface area (Å²) in [6, 6.07) is 61.7. The highest BCUT2D eigenvalue weighted by Gasteiger charge is 2.24. The fourth-order valence-corrected chi connectivity index (χ4v) is 7.67. The summed E-state index contributed by atoms with van der Waals surface area (Å²) >= 11 is 1.80. The molecule has 0 N–H and O–H groups in total. The number of benzene rings is 7. The smallest absolute Gasteiger partial charge is 0.0537 e. The molecule has 0 saturated carbocycles. The SMILES string of the molecule is CSc1ccccc1-c1ccc(N(C2=CC=C(c3ccccc3)CC2)c2ccccc2-c2ccccc2)c(-c2ccc3ccccc3c2)c1. The van der Waals surface area contributed by atoms with Gasteiger partial charge in [0.05, 0.1) is 11.4 Å². The number of rotatable bonds is 8. The number of nitrogens with zero attached hydrogens (tertiary/aromatic N) is 1. The van der Waals surface area contributed by atoms with Crippen LogP contribution in [0.2, 0.25) is 0 Å². The van der Waals surface area contributed by atoms with Gasteiger partial charge < -0.3 is 4.90 Å². The molecule has 0 spiro atoms. The fraction of sp³-hybridized carbons (Fsp3) is 0.0638. The molecule has 7 aromatic rings. The molecular weight excluding hydrogens is 611 g/mol. The molecule has 2 heteroatoms. The lowest BCUT2D eigenvalue weighted by atomic mass is 9.92. The Morgan fingerprint density at radius 2 is 1.04 bits per heavy atom. The standard InChI is InChI=1S/C47H37NS/c1-49-47-23-13-11-21-43(47)40-28-31-46(44(33-40)39-25-24-35-16-8-9-19-38(35)32-39)48(41-29-26-36(27-30-41)34-14-4-2-5-15-34)45-22-12-10-20-42(45)37-17-6-3-7-18-37/h2-26,28-29,31-33H,27,30H2,1H3. The van der Waals surface area contributed by atoms with Crippen molar-refractivity contribution in [3.63, 3.8) is 0 Å². The van der Waals surface area contributed by atoms with Gasteiger partial charge in [0.1, 0.15) is 0 Å². The first-order valence-electron chi connectivity index (χ1n) is 16.9. The molecule has 0 bridgehead atoms. The van der Waals surface area contributed by atoms with Crippen molar-refractivity contribution in [3.8, 4) is 33.4 Å². The van der Waals surface area contributed by atoms with E-state index in [-0.39, 0.29) is 0 Å². The quantitative estimate of drug-likeness (QED) is 0.151. The van der Waals surface area contributed by atoms with E-state index in [1.165, 1.54) is 77.3 Å². The maximum Gasteiger partial charge on any atom is 0.0537 e. The Kier molecular flexibility index (Phi) is 8.71. The Hall–Kier alpha value is -5.57. The Bertz CT molecular complexity index is 2320. The first kappa shape index (κ1) is 30.7. The number of thioether (sulfide) groups is 1. The van der Waals surface area contributed by atoms with Gasteiger partial charge in [-0.05, 0) is 99.7 Å². The van der Waals surface area contributed by atoms with Gasteiger partial charge in [-0.25, -0.2) is 0 Å². The van der Waals surface area contributed by atoms with Crippen LogP contribution in [0.1, 0.15) is 18.4 Å². The molecule has 0 aliphatic heterocycles. The second-order valence-corrected chi connectivity index (χ2v) is 13.3. The van der Waals surface area contributed by atoms with Crippen LogP contribution in [-0.2, 0) is 0 Å². The Morgan fingerprint density at radius 1 is 0.429 bits per heavy atom. The van der Waals surface area contributed by atoms with Crippen molar-refractivity contribution >= 4 is 39.5 Å². The van der Waals surface area contributed by atoms with Gasteiger partial charge in [0.2, 0.25) is 0 Å². The summed E-state index contributed by atoms with van der Waals surface area (Å²) in [5, 5.41) is 2.49. The minimum atomic E-state index is 0.929. The fourth-order valence-electron chi connectivity index (χ4n) is 7.04. The van der Waals surface area contributed by atoms with E-state index in [4.69, 9.17) is 0 Å². The van der Waals surface area contributed by atoms with Crippen molar-refractivity contribution in [1.82, 2.24) is 0 Å². The van der Waals surface area contributed by atoms with Crippen LogP contribution in [0, 0.1) is 0 Å². The van der Waals surface area contributed by atoms with Gasteiger partial charge in [-0.3, -0.25) is 0 Å².